The maximum absolute atomic E-state index is 6.50. The van der Waals surface area contributed by atoms with Crippen molar-refractivity contribution in [3.8, 4) is 11.3 Å². The van der Waals surface area contributed by atoms with Crippen molar-refractivity contribution in [2.24, 2.45) is 5.92 Å². The lowest BCUT2D eigenvalue weighted by molar-refractivity contribution is 0.232. The van der Waals surface area contributed by atoms with Crippen LogP contribution in [0, 0.1) is 5.92 Å². The molecule has 4 aromatic rings. The molecule has 6 nitrogen and oxygen atoms in total. The number of hydrogen-bond donors (Lipinski definition) is 2. The van der Waals surface area contributed by atoms with Crippen LogP contribution in [0.4, 0.5) is 5.82 Å². The Morgan fingerprint density at radius 3 is 2.55 bits per heavy atom. The van der Waals surface area contributed by atoms with E-state index in [1.807, 2.05) is 12.3 Å². The van der Waals surface area contributed by atoms with Crippen molar-refractivity contribution >= 4 is 23.5 Å². The van der Waals surface area contributed by atoms with E-state index in [2.05, 4.69) is 70.2 Å². The van der Waals surface area contributed by atoms with Gasteiger partial charge in [-0.1, -0.05) is 68.7 Å². The van der Waals surface area contributed by atoms with E-state index >= 15 is 0 Å². The minimum absolute atomic E-state index is 0.0903. The second-order valence-corrected chi connectivity index (χ2v) is 11.5. The van der Waals surface area contributed by atoms with Crippen LogP contribution < -0.4 is 21.6 Å². The first-order valence-electron chi connectivity index (χ1n) is 14.3. The van der Waals surface area contributed by atoms with Crippen molar-refractivity contribution in [2.45, 2.75) is 75.8 Å². The van der Waals surface area contributed by atoms with Crippen LogP contribution >= 0.6 is 0 Å². The minimum Gasteiger partial charge on any atom is -0.382 e. The number of fused-ring (bicyclic) bond motifs is 2. The van der Waals surface area contributed by atoms with Crippen molar-refractivity contribution < 1.29 is 0 Å². The van der Waals surface area contributed by atoms with Gasteiger partial charge < -0.3 is 11.1 Å². The molecule has 2 unspecified atom stereocenters. The van der Waals surface area contributed by atoms with Gasteiger partial charge in [0, 0.05) is 41.9 Å². The van der Waals surface area contributed by atoms with E-state index in [0.29, 0.717) is 23.8 Å². The van der Waals surface area contributed by atoms with E-state index in [9.17, 15) is 0 Å². The zero-order chi connectivity index (χ0) is 25.6. The number of nitrogens with one attached hydrogen (secondary N) is 1. The van der Waals surface area contributed by atoms with Crippen LogP contribution in [0.5, 0.6) is 0 Å². The van der Waals surface area contributed by atoms with Gasteiger partial charge in [0.25, 0.3) is 0 Å². The Kier molecular flexibility index (Phi) is 6.00. The van der Waals surface area contributed by atoms with E-state index < -0.39 is 0 Å². The molecule has 3 aliphatic carbocycles. The Balaban J connectivity index is 1.22. The predicted octanol–water partition coefficient (Wildman–Crippen LogP) is 4.54. The number of nitrogens with two attached hydrogens (primary N) is 1. The van der Waals surface area contributed by atoms with E-state index in [1.54, 1.807) is 6.20 Å². The number of imidazole rings is 1. The molecular formula is C32H36N6. The lowest BCUT2D eigenvalue weighted by atomic mass is 9.78. The highest BCUT2D eigenvalue weighted by Gasteiger charge is 2.36. The molecule has 3 aromatic heterocycles. The number of anilines is 1. The molecule has 0 aliphatic heterocycles. The van der Waals surface area contributed by atoms with Gasteiger partial charge in [-0.2, -0.15) is 0 Å². The number of nitrogen functional groups attached to an aromatic ring is 1. The van der Waals surface area contributed by atoms with Crippen LogP contribution in [0.15, 0.2) is 54.9 Å². The zero-order valence-corrected chi connectivity index (χ0v) is 22.1. The number of rotatable bonds is 5. The molecule has 3 heterocycles. The van der Waals surface area contributed by atoms with Crippen LogP contribution in [0.1, 0.15) is 75.2 Å². The number of hydrogen-bond acceptors (Lipinski definition) is 5. The summed E-state index contributed by atoms with van der Waals surface area (Å²) in [5, 5.41) is 6.12. The molecule has 3 N–H and O–H groups in total. The van der Waals surface area contributed by atoms with Crippen LogP contribution in [0.2, 0.25) is 0 Å². The SMILES string of the molecule is CC1C=c2ccc(-c3ccccc3)nc2=CC1c1nc([C@H]2C[C@@H](NC3CCCCC3)C2)n2ccnc(N)c12. The average molecular weight is 505 g/mol. The van der Waals surface area contributed by atoms with E-state index in [4.69, 9.17) is 15.7 Å². The van der Waals surface area contributed by atoms with Crippen molar-refractivity contribution in [1.82, 2.24) is 24.7 Å². The van der Waals surface area contributed by atoms with E-state index in [0.717, 1.165) is 46.5 Å². The number of aromatic nitrogens is 4. The fourth-order valence-corrected chi connectivity index (χ4v) is 6.77. The zero-order valence-electron chi connectivity index (χ0n) is 22.1. The normalized spacial score (nSPS) is 25.3. The highest BCUT2D eigenvalue weighted by molar-refractivity contribution is 5.73. The van der Waals surface area contributed by atoms with Gasteiger partial charge in [-0.15, -0.1) is 0 Å². The molecule has 2 atom stereocenters. The maximum Gasteiger partial charge on any atom is 0.149 e. The monoisotopic (exact) mass is 504 g/mol. The fraction of sp³-hybridized carbons (Fsp3) is 0.406. The van der Waals surface area contributed by atoms with Crippen LogP contribution in [0.3, 0.4) is 0 Å². The van der Waals surface area contributed by atoms with Gasteiger partial charge in [0.05, 0.1) is 16.7 Å². The first-order chi connectivity index (χ1) is 18.6. The largest absolute Gasteiger partial charge is 0.382 e. The number of benzene rings is 1. The number of pyridine rings is 1. The third-order valence-corrected chi connectivity index (χ3v) is 8.91. The Morgan fingerprint density at radius 1 is 0.921 bits per heavy atom. The molecule has 0 saturated heterocycles. The molecule has 2 saturated carbocycles. The molecule has 0 bridgehead atoms. The van der Waals surface area contributed by atoms with Gasteiger partial charge >= 0.3 is 0 Å². The first kappa shape index (κ1) is 23.6. The molecular weight excluding hydrogens is 468 g/mol. The number of nitrogens with zero attached hydrogens (tertiary/aromatic N) is 4. The topological polar surface area (TPSA) is 81.1 Å². The highest BCUT2D eigenvalue weighted by Crippen LogP contribution is 2.41. The Labute approximate surface area is 223 Å². The molecule has 6 heteroatoms. The molecule has 1 aromatic carbocycles. The second kappa shape index (κ2) is 9.66. The maximum atomic E-state index is 6.50. The molecule has 2 fully saturated rings. The summed E-state index contributed by atoms with van der Waals surface area (Å²) in [6.07, 6.45) is 17.5. The third-order valence-electron chi connectivity index (χ3n) is 8.91. The van der Waals surface area contributed by atoms with E-state index in [1.165, 1.54) is 37.3 Å². The van der Waals surface area contributed by atoms with Gasteiger partial charge in [-0.05, 0) is 49.0 Å². The summed E-state index contributed by atoms with van der Waals surface area (Å²) in [5.74, 6) is 2.49. The van der Waals surface area contributed by atoms with Crippen molar-refractivity contribution in [3.05, 3.63) is 76.9 Å². The van der Waals surface area contributed by atoms with Crippen molar-refractivity contribution in [1.29, 1.82) is 0 Å². The summed E-state index contributed by atoms with van der Waals surface area (Å²) >= 11 is 0. The predicted molar refractivity (Wildman–Crippen MR) is 153 cm³/mol. The summed E-state index contributed by atoms with van der Waals surface area (Å²) in [6.45, 7) is 2.26. The lowest BCUT2D eigenvalue weighted by Crippen LogP contribution is -2.46. The quantitative estimate of drug-likeness (QED) is 0.417. The van der Waals surface area contributed by atoms with Crippen molar-refractivity contribution in [2.75, 3.05) is 5.73 Å². The molecule has 0 amide bonds. The van der Waals surface area contributed by atoms with Crippen molar-refractivity contribution in [3.63, 3.8) is 0 Å². The average Bonchev–Trinajstić information content (AvgIpc) is 3.31. The van der Waals surface area contributed by atoms with Crippen LogP contribution in [-0.2, 0) is 0 Å². The highest BCUT2D eigenvalue weighted by atomic mass is 15.1. The first-order valence-corrected chi connectivity index (χ1v) is 14.3. The third kappa shape index (κ3) is 4.21. The molecule has 194 valence electrons. The summed E-state index contributed by atoms with van der Waals surface area (Å²) < 4.78 is 2.21. The standard InChI is InChI=1S/C32H36N6/c1-20-16-22-12-13-27(21-8-4-2-5-9-21)36-28(22)19-26(20)29-30-31(33)34-14-15-38(30)32(37-29)23-17-25(18-23)35-24-10-6-3-7-11-24/h2,4-5,8-9,12-16,19-20,23-26,35H,3,6-7,10-11,17-18H2,1H3,(H2,33,34)/t20?,23-,25+,26?. The van der Waals surface area contributed by atoms with E-state index in [-0.39, 0.29) is 11.8 Å². The summed E-state index contributed by atoms with van der Waals surface area (Å²) in [6, 6.07) is 16.0. The van der Waals surface area contributed by atoms with Gasteiger partial charge in [0.15, 0.2) is 0 Å². The molecule has 0 spiro atoms. The fourth-order valence-electron chi connectivity index (χ4n) is 6.77. The lowest BCUT2D eigenvalue weighted by Gasteiger charge is -2.38. The van der Waals surface area contributed by atoms with Crippen LogP contribution in [-0.4, -0.2) is 31.4 Å². The van der Waals surface area contributed by atoms with Gasteiger partial charge in [0.1, 0.15) is 17.2 Å². The smallest absolute Gasteiger partial charge is 0.149 e. The summed E-state index contributed by atoms with van der Waals surface area (Å²) in [5.41, 5.74) is 10.6. The minimum atomic E-state index is 0.0903. The van der Waals surface area contributed by atoms with Gasteiger partial charge in [-0.25, -0.2) is 15.0 Å². The molecule has 0 radical (unpaired) electrons. The molecule has 38 heavy (non-hydrogen) atoms. The van der Waals surface area contributed by atoms with Gasteiger partial charge in [-0.3, -0.25) is 4.40 Å². The van der Waals surface area contributed by atoms with Gasteiger partial charge in [0.2, 0.25) is 0 Å². The molecule has 3 aliphatic rings. The summed E-state index contributed by atoms with van der Waals surface area (Å²) in [4.78, 5) is 14.8. The Morgan fingerprint density at radius 2 is 1.74 bits per heavy atom. The Hall–Kier alpha value is -3.51. The summed E-state index contributed by atoms with van der Waals surface area (Å²) in [7, 11) is 0. The van der Waals surface area contributed by atoms with Crippen LogP contribution in [0.25, 0.3) is 28.9 Å². The Bertz CT molecular complexity index is 1580. The molecule has 7 rings (SSSR count). The second-order valence-electron chi connectivity index (χ2n) is 11.5.